The Morgan fingerprint density at radius 1 is 1.08 bits per heavy atom. The van der Waals surface area contributed by atoms with Crippen LogP contribution in [-0.4, -0.2) is 45.3 Å². The molecule has 4 rings (SSSR count). The second-order valence-electron chi connectivity index (χ2n) is 8.71. The van der Waals surface area contributed by atoms with Crippen molar-refractivity contribution in [1.82, 2.24) is 19.7 Å². The smallest absolute Gasteiger partial charge is 0.451 e. The van der Waals surface area contributed by atoms with E-state index in [0.717, 1.165) is 4.57 Å². The molecule has 1 aromatic heterocycles. The van der Waals surface area contributed by atoms with Crippen molar-refractivity contribution in [2.45, 2.75) is 44.1 Å². The Bertz CT molecular complexity index is 1280. The third-order valence-electron chi connectivity index (χ3n) is 6.19. The van der Waals surface area contributed by atoms with Crippen molar-refractivity contribution in [2.75, 3.05) is 13.7 Å². The van der Waals surface area contributed by atoms with Gasteiger partial charge in [-0.3, -0.25) is 4.79 Å². The maximum absolute atomic E-state index is 14.0. The van der Waals surface area contributed by atoms with Crippen LogP contribution in [0.3, 0.4) is 0 Å². The molecule has 0 radical (unpaired) electrons. The summed E-state index contributed by atoms with van der Waals surface area (Å²) in [7, 11) is 1.49. The van der Waals surface area contributed by atoms with Gasteiger partial charge in [0.15, 0.2) is 17.5 Å². The summed E-state index contributed by atoms with van der Waals surface area (Å²) in [6, 6.07) is 6.05. The van der Waals surface area contributed by atoms with Gasteiger partial charge in [-0.25, -0.2) is 13.2 Å². The monoisotopic (exact) mass is 563 g/mol. The molecule has 1 aliphatic rings. The lowest BCUT2D eigenvalue weighted by molar-refractivity contribution is -0.148. The number of rotatable bonds is 7. The number of carbonyl (C=O) groups is 1. The van der Waals surface area contributed by atoms with Crippen molar-refractivity contribution in [3.8, 4) is 5.75 Å². The second-order valence-corrected chi connectivity index (χ2v) is 8.71. The molecule has 7 nitrogen and oxygen atoms in total. The molecule has 0 fully saturated rings. The molecule has 0 spiro atoms. The maximum Gasteiger partial charge on any atom is 0.451 e. The highest BCUT2D eigenvalue weighted by Gasteiger charge is 2.43. The van der Waals surface area contributed by atoms with E-state index in [1.165, 1.54) is 12.0 Å². The van der Waals surface area contributed by atoms with Gasteiger partial charge in [0.2, 0.25) is 11.7 Å². The summed E-state index contributed by atoms with van der Waals surface area (Å²) in [5, 5.41) is 7.08. The first kappa shape index (κ1) is 29.2. The average Bonchev–Trinajstić information content (AvgIpc) is 3.28. The van der Waals surface area contributed by atoms with Crippen LogP contribution in [0.15, 0.2) is 36.4 Å². The summed E-state index contributed by atoms with van der Waals surface area (Å²) in [5.74, 6) is -4.68. The van der Waals surface area contributed by atoms with Gasteiger partial charge in [0.05, 0.1) is 13.2 Å². The van der Waals surface area contributed by atoms with E-state index < -0.39 is 47.4 Å². The summed E-state index contributed by atoms with van der Waals surface area (Å²) in [6.07, 6.45) is -5.14. The molecule has 2 N–H and O–H groups in total. The predicted molar refractivity (Wildman–Crippen MR) is 126 cm³/mol. The fourth-order valence-corrected chi connectivity index (χ4v) is 4.40. The predicted octanol–water partition coefficient (Wildman–Crippen LogP) is 4.23. The van der Waals surface area contributed by atoms with Crippen molar-refractivity contribution in [3.05, 3.63) is 76.6 Å². The van der Waals surface area contributed by atoms with Crippen molar-refractivity contribution >= 4 is 18.3 Å². The third-order valence-corrected chi connectivity index (χ3v) is 6.19. The van der Waals surface area contributed by atoms with E-state index in [9.17, 15) is 31.1 Å². The molecule has 0 saturated carbocycles. The summed E-state index contributed by atoms with van der Waals surface area (Å²) < 4.78 is 87.2. The van der Waals surface area contributed by atoms with Crippen LogP contribution < -0.4 is 10.5 Å². The van der Waals surface area contributed by atoms with Gasteiger partial charge in [-0.1, -0.05) is 12.1 Å². The Labute approximate surface area is 220 Å². The fourth-order valence-electron chi connectivity index (χ4n) is 4.40. The van der Waals surface area contributed by atoms with Crippen LogP contribution in [0.1, 0.15) is 35.2 Å². The number of ether oxygens (including phenoxy) is 1. The number of halogens is 7. The number of benzene rings is 2. The zero-order valence-corrected chi connectivity index (χ0v) is 20.8. The lowest BCUT2D eigenvalue weighted by atomic mass is 9.99. The van der Waals surface area contributed by atoms with Crippen LogP contribution in [0.25, 0.3) is 0 Å². The molecule has 2 heterocycles. The number of methoxy groups -OCH3 is 1. The number of nitrogens with two attached hydrogens (primary N) is 1. The number of amides is 1. The molecule has 0 saturated heterocycles. The second kappa shape index (κ2) is 11.6. The highest BCUT2D eigenvalue weighted by molar-refractivity contribution is 5.85. The molecule has 3 aromatic rings. The molecule has 0 aliphatic carbocycles. The highest BCUT2D eigenvalue weighted by Crippen LogP contribution is 2.35. The number of hydrogen-bond acceptors (Lipinski definition) is 5. The minimum absolute atomic E-state index is 0. The molecule has 0 unspecified atom stereocenters. The van der Waals surface area contributed by atoms with E-state index in [1.807, 2.05) is 0 Å². The van der Waals surface area contributed by atoms with Crippen molar-refractivity contribution in [3.63, 3.8) is 0 Å². The van der Waals surface area contributed by atoms with E-state index in [0.29, 0.717) is 23.4 Å². The largest absolute Gasteiger partial charge is 0.497 e. The van der Waals surface area contributed by atoms with E-state index in [-0.39, 0.29) is 56.1 Å². The van der Waals surface area contributed by atoms with Crippen LogP contribution >= 0.6 is 12.4 Å². The topological polar surface area (TPSA) is 86.3 Å². The summed E-state index contributed by atoms with van der Waals surface area (Å²) >= 11 is 0. The number of carbonyl (C=O) groups excluding carboxylic acids is 1. The van der Waals surface area contributed by atoms with Crippen molar-refractivity contribution in [1.29, 1.82) is 0 Å². The Morgan fingerprint density at radius 2 is 1.74 bits per heavy atom. The Kier molecular flexibility index (Phi) is 8.93. The van der Waals surface area contributed by atoms with Gasteiger partial charge >= 0.3 is 6.18 Å². The number of hydrogen-bond donors (Lipinski definition) is 1. The molecule has 2 aromatic carbocycles. The van der Waals surface area contributed by atoms with Gasteiger partial charge < -0.3 is 19.9 Å². The molecular weight excluding hydrogens is 540 g/mol. The van der Waals surface area contributed by atoms with Crippen molar-refractivity contribution in [2.24, 2.45) is 5.73 Å². The van der Waals surface area contributed by atoms with Crippen molar-refractivity contribution < 1.29 is 35.9 Å². The van der Waals surface area contributed by atoms with Gasteiger partial charge in [-0.2, -0.15) is 13.2 Å². The molecule has 1 aliphatic heterocycles. The van der Waals surface area contributed by atoms with E-state index >= 15 is 0 Å². The minimum Gasteiger partial charge on any atom is -0.497 e. The van der Waals surface area contributed by atoms with Crippen LogP contribution in [-0.2, 0) is 30.4 Å². The van der Waals surface area contributed by atoms with Crippen LogP contribution in [0.2, 0.25) is 0 Å². The van der Waals surface area contributed by atoms with Gasteiger partial charge in [-0.05, 0) is 35.7 Å². The van der Waals surface area contributed by atoms with Gasteiger partial charge in [-0.15, -0.1) is 22.6 Å². The van der Waals surface area contributed by atoms with E-state index in [2.05, 4.69) is 10.2 Å². The Hall–Kier alpha value is -3.32. The number of alkyl halides is 3. The van der Waals surface area contributed by atoms with Gasteiger partial charge in [0, 0.05) is 38.0 Å². The normalized spacial score (nSPS) is 16.0. The SMILES string of the molecule is COc1ccc(C[C@H]2c3nnc(C(F)(F)F)n3CCN2C(=O)C[C@H](N)Cc2cc(F)c(F)cc2F)cc1.Cl. The summed E-state index contributed by atoms with van der Waals surface area (Å²) in [6.45, 7) is -0.255. The zero-order valence-electron chi connectivity index (χ0n) is 20.0. The highest BCUT2D eigenvalue weighted by atomic mass is 35.5. The maximum atomic E-state index is 14.0. The Balaban J connectivity index is 0.00000400. The zero-order chi connectivity index (χ0) is 26.9. The lowest BCUT2D eigenvalue weighted by Crippen LogP contribution is -2.45. The van der Waals surface area contributed by atoms with E-state index in [1.54, 1.807) is 24.3 Å². The van der Waals surface area contributed by atoms with Crippen LogP contribution in [0, 0.1) is 17.5 Å². The first-order valence-electron chi connectivity index (χ1n) is 11.3. The average molecular weight is 564 g/mol. The molecule has 0 bridgehead atoms. The Morgan fingerprint density at radius 3 is 2.37 bits per heavy atom. The first-order valence-corrected chi connectivity index (χ1v) is 11.3. The molecule has 14 heteroatoms. The minimum atomic E-state index is -4.72. The molecule has 1 amide bonds. The summed E-state index contributed by atoms with van der Waals surface area (Å²) in [4.78, 5) is 14.6. The standard InChI is InChI=1S/C24H23F6N5O2.ClH/c1-37-16-4-2-13(3-5-16)8-20-22-32-33-23(24(28,29)30)35(22)7-6-34(20)21(36)11-15(31)9-14-10-18(26)19(27)12-17(14)25;/h2-5,10,12,15,20H,6-9,11,31H2,1H3;1H/t15-,20+;/m1./s1. The molecule has 38 heavy (non-hydrogen) atoms. The number of fused-ring (bicyclic) bond motifs is 1. The lowest BCUT2D eigenvalue weighted by Gasteiger charge is -2.36. The third kappa shape index (κ3) is 6.21. The quantitative estimate of drug-likeness (QED) is 0.343. The van der Waals surface area contributed by atoms with Crippen LogP contribution in [0.5, 0.6) is 5.75 Å². The number of aromatic nitrogens is 3. The van der Waals surface area contributed by atoms with E-state index in [4.69, 9.17) is 10.5 Å². The van der Waals surface area contributed by atoms with Gasteiger partial charge in [0.25, 0.3) is 0 Å². The first-order chi connectivity index (χ1) is 17.5. The summed E-state index contributed by atoms with van der Waals surface area (Å²) in [5.41, 5.74) is 6.55. The van der Waals surface area contributed by atoms with Gasteiger partial charge in [0.1, 0.15) is 11.6 Å². The van der Waals surface area contributed by atoms with Crippen LogP contribution in [0.4, 0.5) is 26.3 Å². The fraction of sp³-hybridized carbons (Fsp3) is 0.375. The molecule has 2 atom stereocenters. The number of nitrogens with zero attached hydrogens (tertiary/aromatic N) is 4. The molecular formula is C24H24ClF6N5O2. The molecule has 206 valence electrons.